The van der Waals surface area contributed by atoms with Crippen LogP contribution in [0.4, 0.5) is 0 Å². The van der Waals surface area contributed by atoms with Crippen LogP contribution < -0.4 is 10.1 Å². The fraction of sp³-hybridized carbons (Fsp3) is 0.500. The zero-order valence-corrected chi connectivity index (χ0v) is 12.8. The number of carboxylic acid groups (broad SMARTS) is 1. The van der Waals surface area contributed by atoms with Crippen LogP contribution in [0, 0.1) is 6.92 Å². The number of carboxylic acids is 1. The fourth-order valence-electron chi connectivity index (χ4n) is 2.74. The number of aliphatic carboxylic acids is 1. The molecule has 0 aromatic heterocycles. The Morgan fingerprint density at radius 2 is 2.23 bits per heavy atom. The highest BCUT2D eigenvalue weighted by molar-refractivity contribution is 5.81. The molecule has 1 atom stereocenters. The van der Waals surface area contributed by atoms with E-state index in [0.29, 0.717) is 18.8 Å². The normalized spacial score (nSPS) is 20.6. The molecule has 1 saturated heterocycles. The number of hydrogen-bond acceptors (Lipinski definition) is 4. The Balaban J connectivity index is 2.08. The molecule has 0 spiro atoms. The predicted molar refractivity (Wildman–Crippen MR) is 80.0 cm³/mol. The van der Waals surface area contributed by atoms with Crippen molar-refractivity contribution in [2.24, 2.45) is 0 Å². The third-order valence-corrected chi connectivity index (χ3v) is 3.78. The van der Waals surface area contributed by atoms with Gasteiger partial charge in [0.2, 0.25) is 5.91 Å². The van der Waals surface area contributed by atoms with E-state index in [1.54, 1.807) is 7.11 Å². The summed E-state index contributed by atoms with van der Waals surface area (Å²) in [6.07, 6.45) is 0.520. The molecule has 120 valence electrons. The molecular formula is C16H21NO5. The fourth-order valence-corrected chi connectivity index (χ4v) is 2.74. The summed E-state index contributed by atoms with van der Waals surface area (Å²) in [7, 11) is 1.56. The third kappa shape index (κ3) is 3.98. The van der Waals surface area contributed by atoms with Gasteiger partial charge in [-0.25, -0.2) is 0 Å². The first-order chi connectivity index (χ1) is 10.4. The lowest BCUT2D eigenvalue weighted by Crippen LogP contribution is -2.51. The molecule has 6 nitrogen and oxygen atoms in total. The highest BCUT2D eigenvalue weighted by atomic mass is 16.5. The van der Waals surface area contributed by atoms with Crippen molar-refractivity contribution in [2.45, 2.75) is 31.7 Å². The van der Waals surface area contributed by atoms with Crippen molar-refractivity contribution in [1.29, 1.82) is 0 Å². The van der Waals surface area contributed by atoms with Crippen molar-refractivity contribution >= 4 is 11.9 Å². The molecule has 0 saturated carbocycles. The molecule has 1 unspecified atom stereocenters. The highest BCUT2D eigenvalue weighted by Crippen LogP contribution is 2.24. The van der Waals surface area contributed by atoms with Gasteiger partial charge in [-0.15, -0.1) is 0 Å². The number of rotatable bonds is 6. The van der Waals surface area contributed by atoms with E-state index in [1.165, 1.54) is 0 Å². The first-order valence-corrected chi connectivity index (χ1v) is 7.18. The Kier molecular flexibility index (Phi) is 5.03. The number of carbonyl (C=O) groups excluding carboxylic acids is 1. The van der Waals surface area contributed by atoms with Crippen LogP contribution in [0.3, 0.4) is 0 Å². The topological polar surface area (TPSA) is 84.9 Å². The number of nitrogens with one attached hydrogen (secondary N) is 1. The maximum atomic E-state index is 12.3. The van der Waals surface area contributed by atoms with E-state index >= 15 is 0 Å². The first kappa shape index (κ1) is 16.3. The zero-order valence-electron chi connectivity index (χ0n) is 12.8. The summed E-state index contributed by atoms with van der Waals surface area (Å²) in [6.45, 7) is 2.63. The minimum Gasteiger partial charge on any atom is -0.496 e. The molecule has 0 bridgehead atoms. The van der Waals surface area contributed by atoms with Gasteiger partial charge in [-0.2, -0.15) is 0 Å². The molecule has 1 aromatic rings. The first-order valence-electron chi connectivity index (χ1n) is 7.18. The number of ether oxygens (including phenoxy) is 2. The molecule has 6 heteroatoms. The largest absolute Gasteiger partial charge is 0.496 e. The Labute approximate surface area is 129 Å². The summed E-state index contributed by atoms with van der Waals surface area (Å²) in [6, 6.07) is 5.63. The van der Waals surface area contributed by atoms with E-state index < -0.39 is 11.5 Å². The van der Waals surface area contributed by atoms with Crippen LogP contribution in [0.1, 0.15) is 24.0 Å². The van der Waals surface area contributed by atoms with E-state index in [9.17, 15) is 9.59 Å². The standard InChI is InChI=1S/C16H21NO5/c1-11-3-4-13(21-2)12(7-11)8-14(18)17-16(9-15(19)20)5-6-22-10-16/h3-4,7H,5-6,8-10H2,1-2H3,(H,17,18)(H,19,20). The van der Waals surface area contributed by atoms with E-state index in [2.05, 4.69) is 5.32 Å². The van der Waals surface area contributed by atoms with E-state index in [0.717, 1.165) is 11.1 Å². The van der Waals surface area contributed by atoms with E-state index in [4.69, 9.17) is 14.6 Å². The molecule has 22 heavy (non-hydrogen) atoms. The second-order valence-electron chi connectivity index (χ2n) is 5.69. The van der Waals surface area contributed by atoms with Crippen molar-refractivity contribution in [3.8, 4) is 5.75 Å². The molecule has 1 aliphatic rings. The van der Waals surface area contributed by atoms with Crippen LogP contribution in [0.5, 0.6) is 5.75 Å². The summed E-state index contributed by atoms with van der Waals surface area (Å²) in [5.41, 5.74) is 1.01. The maximum Gasteiger partial charge on any atom is 0.305 e. The molecule has 2 rings (SSSR count). The predicted octanol–water partition coefficient (Wildman–Crippen LogP) is 1.30. The van der Waals surface area contributed by atoms with Gasteiger partial charge in [-0.3, -0.25) is 9.59 Å². The number of benzene rings is 1. The van der Waals surface area contributed by atoms with Crippen LogP contribution in [0.25, 0.3) is 0 Å². The molecule has 0 aliphatic carbocycles. The van der Waals surface area contributed by atoms with Crippen LogP contribution >= 0.6 is 0 Å². The van der Waals surface area contributed by atoms with Crippen LogP contribution in [-0.2, 0) is 20.7 Å². The molecule has 1 amide bonds. The summed E-state index contributed by atoms with van der Waals surface area (Å²) >= 11 is 0. The number of aryl methyl sites for hydroxylation is 1. The monoisotopic (exact) mass is 307 g/mol. The molecule has 1 fully saturated rings. The van der Waals surface area contributed by atoms with Crippen LogP contribution in [0.2, 0.25) is 0 Å². The summed E-state index contributed by atoms with van der Waals surface area (Å²) in [5.74, 6) is -0.523. The molecule has 2 N–H and O–H groups in total. The zero-order chi connectivity index (χ0) is 16.2. The van der Waals surface area contributed by atoms with Crippen molar-refractivity contribution < 1.29 is 24.2 Å². The number of carbonyl (C=O) groups is 2. The number of hydrogen-bond donors (Lipinski definition) is 2. The lowest BCUT2D eigenvalue weighted by atomic mass is 9.93. The van der Waals surface area contributed by atoms with Crippen LogP contribution in [-0.4, -0.2) is 42.8 Å². The summed E-state index contributed by atoms with van der Waals surface area (Å²) in [4.78, 5) is 23.3. The van der Waals surface area contributed by atoms with E-state index in [-0.39, 0.29) is 25.4 Å². The minimum absolute atomic E-state index is 0.135. The van der Waals surface area contributed by atoms with Gasteiger partial charge >= 0.3 is 5.97 Å². The van der Waals surface area contributed by atoms with Gasteiger partial charge in [-0.05, 0) is 19.4 Å². The number of methoxy groups -OCH3 is 1. The molecule has 1 heterocycles. The summed E-state index contributed by atoms with van der Waals surface area (Å²) in [5, 5.41) is 11.9. The van der Waals surface area contributed by atoms with Gasteiger partial charge < -0.3 is 19.9 Å². The van der Waals surface area contributed by atoms with Gasteiger partial charge in [0.15, 0.2) is 0 Å². The van der Waals surface area contributed by atoms with Gasteiger partial charge in [0, 0.05) is 12.2 Å². The van der Waals surface area contributed by atoms with Crippen molar-refractivity contribution in [2.75, 3.05) is 20.3 Å². The van der Waals surface area contributed by atoms with Gasteiger partial charge in [0.05, 0.1) is 32.1 Å². The van der Waals surface area contributed by atoms with Gasteiger partial charge in [0.25, 0.3) is 0 Å². The lowest BCUT2D eigenvalue weighted by Gasteiger charge is -2.27. The van der Waals surface area contributed by atoms with E-state index in [1.807, 2.05) is 25.1 Å². The molecule has 1 aliphatic heterocycles. The third-order valence-electron chi connectivity index (χ3n) is 3.78. The summed E-state index contributed by atoms with van der Waals surface area (Å²) < 4.78 is 10.5. The SMILES string of the molecule is COc1ccc(C)cc1CC(=O)NC1(CC(=O)O)CCOC1. The Bertz CT molecular complexity index is 564. The van der Waals surface area contributed by atoms with Gasteiger partial charge in [-0.1, -0.05) is 17.7 Å². The minimum atomic E-state index is -0.945. The van der Waals surface area contributed by atoms with Crippen molar-refractivity contribution in [3.63, 3.8) is 0 Å². The Morgan fingerprint density at radius 3 is 2.82 bits per heavy atom. The Hall–Kier alpha value is -2.08. The smallest absolute Gasteiger partial charge is 0.305 e. The molecule has 1 aromatic carbocycles. The maximum absolute atomic E-state index is 12.3. The molecular weight excluding hydrogens is 286 g/mol. The van der Waals surface area contributed by atoms with Gasteiger partial charge in [0.1, 0.15) is 5.75 Å². The Morgan fingerprint density at radius 1 is 1.45 bits per heavy atom. The molecule has 0 radical (unpaired) electrons. The van der Waals surface area contributed by atoms with Crippen LogP contribution in [0.15, 0.2) is 18.2 Å². The average Bonchev–Trinajstić information content (AvgIpc) is 2.85. The van der Waals surface area contributed by atoms with Crippen molar-refractivity contribution in [3.05, 3.63) is 29.3 Å². The second-order valence-corrected chi connectivity index (χ2v) is 5.69. The quantitative estimate of drug-likeness (QED) is 0.827. The highest BCUT2D eigenvalue weighted by Gasteiger charge is 2.38. The average molecular weight is 307 g/mol. The van der Waals surface area contributed by atoms with Crippen molar-refractivity contribution in [1.82, 2.24) is 5.32 Å². The number of amides is 1. The lowest BCUT2D eigenvalue weighted by molar-refractivity contribution is -0.139. The second kappa shape index (κ2) is 6.79.